The average molecular weight is 370 g/mol. The molecule has 0 fully saturated rings. The van der Waals surface area contributed by atoms with Crippen LogP contribution in [0.1, 0.15) is 16.1 Å². The van der Waals surface area contributed by atoms with Crippen molar-refractivity contribution < 1.29 is 19.4 Å². The molecule has 0 aliphatic carbocycles. The summed E-state index contributed by atoms with van der Waals surface area (Å²) in [6.45, 7) is 0.249. The van der Waals surface area contributed by atoms with Crippen molar-refractivity contribution in [2.45, 2.75) is 6.42 Å². The Kier molecular flexibility index (Phi) is 5.35. The molecule has 0 unspecified atom stereocenters. The second-order valence-corrected chi connectivity index (χ2v) is 6.07. The van der Waals surface area contributed by atoms with Crippen molar-refractivity contribution in [2.75, 3.05) is 11.9 Å². The number of carboxylic acid groups (broad SMARTS) is 1. The Morgan fingerprint density at radius 2 is 2.10 bits per heavy atom. The molecule has 1 amide bonds. The molecule has 1 aromatic heterocycles. The molecular formula is C14H12BrNO4S. The maximum absolute atomic E-state index is 11.7. The van der Waals surface area contributed by atoms with Gasteiger partial charge < -0.3 is 15.2 Å². The van der Waals surface area contributed by atoms with Crippen LogP contribution in [-0.2, 0) is 4.79 Å². The predicted octanol–water partition coefficient (Wildman–Crippen LogP) is 3.62. The summed E-state index contributed by atoms with van der Waals surface area (Å²) in [5, 5.41) is 12.0. The molecule has 0 bridgehead atoms. The lowest BCUT2D eigenvalue weighted by Gasteiger charge is -2.06. The number of carbonyl (C=O) groups is 2. The first-order valence-electron chi connectivity index (χ1n) is 6.06. The number of halogens is 1. The van der Waals surface area contributed by atoms with Crippen LogP contribution in [0.15, 0.2) is 40.9 Å². The van der Waals surface area contributed by atoms with Crippen LogP contribution in [0.25, 0.3) is 0 Å². The van der Waals surface area contributed by atoms with E-state index in [0.29, 0.717) is 10.8 Å². The van der Waals surface area contributed by atoms with E-state index in [9.17, 15) is 9.59 Å². The zero-order valence-corrected chi connectivity index (χ0v) is 13.2. The summed E-state index contributed by atoms with van der Waals surface area (Å²) in [5.41, 5.74) is 0. The van der Waals surface area contributed by atoms with Gasteiger partial charge in [-0.25, -0.2) is 4.79 Å². The lowest BCUT2D eigenvalue weighted by molar-refractivity contribution is -0.116. The van der Waals surface area contributed by atoms with Crippen molar-refractivity contribution in [3.63, 3.8) is 0 Å². The SMILES string of the molecule is O=C(CCOc1cccc(Br)c1)Nc1ccc(C(=O)O)s1. The molecule has 110 valence electrons. The average Bonchev–Trinajstić information content (AvgIpc) is 2.87. The van der Waals surface area contributed by atoms with E-state index in [2.05, 4.69) is 21.2 Å². The van der Waals surface area contributed by atoms with E-state index < -0.39 is 5.97 Å². The lowest BCUT2D eigenvalue weighted by atomic mass is 10.3. The number of rotatable bonds is 6. The first-order valence-corrected chi connectivity index (χ1v) is 7.67. The molecule has 0 saturated carbocycles. The summed E-state index contributed by atoms with van der Waals surface area (Å²) in [5.74, 6) is -0.538. The zero-order chi connectivity index (χ0) is 15.2. The molecule has 0 aliphatic rings. The number of thiophene rings is 1. The third-order valence-corrected chi connectivity index (χ3v) is 3.96. The molecule has 7 heteroatoms. The summed E-state index contributed by atoms with van der Waals surface area (Å²) < 4.78 is 6.36. The third-order valence-electron chi connectivity index (χ3n) is 2.47. The second-order valence-electron chi connectivity index (χ2n) is 4.07. The number of nitrogens with one attached hydrogen (secondary N) is 1. The smallest absolute Gasteiger partial charge is 0.345 e. The fourth-order valence-corrected chi connectivity index (χ4v) is 2.68. The van der Waals surface area contributed by atoms with Crippen molar-refractivity contribution in [2.24, 2.45) is 0 Å². The van der Waals surface area contributed by atoms with Gasteiger partial charge in [0.25, 0.3) is 0 Å². The van der Waals surface area contributed by atoms with Crippen molar-refractivity contribution in [1.29, 1.82) is 0 Å². The largest absolute Gasteiger partial charge is 0.493 e. The van der Waals surface area contributed by atoms with Gasteiger partial charge >= 0.3 is 5.97 Å². The Bertz CT molecular complexity index is 656. The molecule has 0 saturated heterocycles. The van der Waals surface area contributed by atoms with Gasteiger partial charge in [-0.15, -0.1) is 11.3 Å². The van der Waals surface area contributed by atoms with E-state index in [1.807, 2.05) is 18.2 Å². The van der Waals surface area contributed by atoms with E-state index in [1.54, 1.807) is 12.1 Å². The van der Waals surface area contributed by atoms with Crippen LogP contribution in [-0.4, -0.2) is 23.6 Å². The number of carboxylic acids is 1. The highest BCUT2D eigenvalue weighted by atomic mass is 79.9. The van der Waals surface area contributed by atoms with E-state index in [0.717, 1.165) is 15.8 Å². The Hall–Kier alpha value is -1.86. The number of carbonyl (C=O) groups excluding carboxylic acids is 1. The first-order chi connectivity index (χ1) is 10.0. The van der Waals surface area contributed by atoms with Crippen molar-refractivity contribution >= 4 is 44.1 Å². The highest BCUT2D eigenvalue weighted by Crippen LogP contribution is 2.22. The monoisotopic (exact) mass is 369 g/mol. The molecule has 21 heavy (non-hydrogen) atoms. The van der Waals surface area contributed by atoms with Gasteiger partial charge in [0.15, 0.2) is 0 Å². The van der Waals surface area contributed by atoms with Crippen molar-refractivity contribution in [1.82, 2.24) is 0 Å². The van der Waals surface area contributed by atoms with Gasteiger partial charge in [0.05, 0.1) is 18.0 Å². The number of anilines is 1. The normalized spacial score (nSPS) is 10.1. The second kappa shape index (κ2) is 7.24. The molecular weight excluding hydrogens is 358 g/mol. The van der Waals surface area contributed by atoms with Crippen LogP contribution < -0.4 is 10.1 Å². The van der Waals surface area contributed by atoms with Gasteiger partial charge in [0, 0.05) is 4.47 Å². The fraction of sp³-hybridized carbons (Fsp3) is 0.143. The standard InChI is InChI=1S/C14H12BrNO4S/c15-9-2-1-3-10(8-9)20-7-6-12(17)16-13-5-4-11(21-13)14(18)19/h1-5,8H,6-7H2,(H,16,17)(H,18,19). The van der Waals surface area contributed by atoms with Gasteiger partial charge in [0.2, 0.25) is 5.91 Å². The molecule has 0 aliphatic heterocycles. The Balaban J connectivity index is 1.78. The minimum atomic E-state index is -1.00. The number of amides is 1. The van der Waals surface area contributed by atoms with Gasteiger partial charge in [-0.2, -0.15) is 0 Å². The fourth-order valence-electron chi connectivity index (χ4n) is 1.54. The quantitative estimate of drug-likeness (QED) is 0.815. The maximum atomic E-state index is 11.7. The summed E-state index contributed by atoms with van der Waals surface area (Å²) in [6, 6.07) is 10.4. The van der Waals surface area contributed by atoms with Crippen molar-refractivity contribution in [3.8, 4) is 5.75 Å². The number of hydrogen-bond acceptors (Lipinski definition) is 4. The van der Waals surface area contributed by atoms with E-state index in [-0.39, 0.29) is 23.8 Å². The molecule has 0 radical (unpaired) electrons. The summed E-state index contributed by atoms with van der Waals surface area (Å²) in [4.78, 5) is 22.6. The Morgan fingerprint density at radius 1 is 1.29 bits per heavy atom. The van der Waals surface area contributed by atoms with Crippen LogP contribution >= 0.6 is 27.3 Å². The van der Waals surface area contributed by atoms with Crippen LogP contribution in [0.4, 0.5) is 5.00 Å². The van der Waals surface area contributed by atoms with Crippen LogP contribution in [0, 0.1) is 0 Å². The molecule has 0 spiro atoms. The van der Waals surface area contributed by atoms with E-state index >= 15 is 0 Å². The highest BCUT2D eigenvalue weighted by molar-refractivity contribution is 9.10. The Morgan fingerprint density at radius 3 is 2.76 bits per heavy atom. The highest BCUT2D eigenvalue weighted by Gasteiger charge is 2.09. The van der Waals surface area contributed by atoms with Gasteiger partial charge in [0.1, 0.15) is 10.6 Å². The molecule has 5 nitrogen and oxygen atoms in total. The number of benzene rings is 1. The molecule has 2 rings (SSSR count). The summed E-state index contributed by atoms with van der Waals surface area (Å²) >= 11 is 4.36. The minimum Gasteiger partial charge on any atom is -0.493 e. The first kappa shape index (κ1) is 15.5. The number of ether oxygens (including phenoxy) is 1. The number of hydrogen-bond donors (Lipinski definition) is 2. The minimum absolute atomic E-state index is 0.187. The van der Waals surface area contributed by atoms with Gasteiger partial charge in [-0.3, -0.25) is 4.79 Å². The summed E-state index contributed by atoms with van der Waals surface area (Å²) in [7, 11) is 0. The molecule has 2 N–H and O–H groups in total. The van der Waals surface area contributed by atoms with E-state index in [4.69, 9.17) is 9.84 Å². The van der Waals surface area contributed by atoms with Crippen molar-refractivity contribution in [3.05, 3.63) is 45.7 Å². The van der Waals surface area contributed by atoms with E-state index in [1.165, 1.54) is 6.07 Å². The number of aromatic carboxylic acids is 1. The molecule has 1 heterocycles. The molecule has 0 atom stereocenters. The topological polar surface area (TPSA) is 75.6 Å². The molecule has 2 aromatic rings. The zero-order valence-electron chi connectivity index (χ0n) is 10.8. The van der Waals surface area contributed by atoms with Crippen LogP contribution in [0.5, 0.6) is 5.75 Å². The maximum Gasteiger partial charge on any atom is 0.345 e. The van der Waals surface area contributed by atoms with Gasteiger partial charge in [-0.1, -0.05) is 22.0 Å². The lowest BCUT2D eigenvalue weighted by Crippen LogP contribution is -2.14. The Labute approximate surface area is 133 Å². The van der Waals surface area contributed by atoms with Gasteiger partial charge in [-0.05, 0) is 30.3 Å². The predicted molar refractivity (Wildman–Crippen MR) is 84.2 cm³/mol. The van der Waals surface area contributed by atoms with Crippen LogP contribution in [0.3, 0.4) is 0 Å². The summed E-state index contributed by atoms with van der Waals surface area (Å²) in [6.07, 6.45) is 0.187. The molecule has 1 aromatic carbocycles. The third kappa shape index (κ3) is 4.87. The van der Waals surface area contributed by atoms with Crippen LogP contribution in [0.2, 0.25) is 0 Å².